The normalized spacial score (nSPS) is 10.4. The van der Waals surface area contributed by atoms with Crippen LogP contribution in [0.3, 0.4) is 0 Å². The van der Waals surface area contributed by atoms with Crippen LogP contribution in [0.4, 0.5) is 5.69 Å². The minimum Gasteiger partial charge on any atom is -0.489 e. The summed E-state index contributed by atoms with van der Waals surface area (Å²) in [4.78, 5) is 0. The molecule has 5 heteroatoms. The summed E-state index contributed by atoms with van der Waals surface area (Å²) in [5.41, 5.74) is 7.45. The summed E-state index contributed by atoms with van der Waals surface area (Å²) in [5.74, 6) is 0.665. The van der Waals surface area contributed by atoms with Crippen LogP contribution in [0.15, 0.2) is 40.9 Å². The number of ether oxygens (including phenoxy) is 1. The van der Waals surface area contributed by atoms with Crippen molar-refractivity contribution in [3.8, 4) is 5.75 Å². The Bertz CT molecular complexity index is 575. The molecule has 0 heterocycles. The number of nitrogen functional groups attached to an aromatic ring is 1. The zero-order valence-electron chi connectivity index (χ0n) is 9.29. The number of nitrogens with two attached hydrogens (primary N) is 1. The van der Waals surface area contributed by atoms with E-state index in [1.165, 1.54) is 0 Å². The first kappa shape index (κ1) is 13.5. The Balaban J connectivity index is 2.11. The predicted octanol–water partition coefficient (Wildman–Crippen LogP) is 4.92. The van der Waals surface area contributed by atoms with Crippen LogP contribution in [-0.2, 0) is 6.61 Å². The molecule has 0 saturated carbocycles. The molecule has 0 unspecified atom stereocenters. The van der Waals surface area contributed by atoms with Gasteiger partial charge in [-0.1, -0.05) is 35.3 Å². The van der Waals surface area contributed by atoms with E-state index in [1.807, 2.05) is 18.2 Å². The van der Waals surface area contributed by atoms with Crippen LogP contribution in [0.2, 0.25) is 10.0 Å². The van der Waals surface area contributed by atoms with E-state index in [1.54, 1.807) is 18.2 Å². The molecule has 94 valence electrons. The van der Waals surface area contributed by atoms with Crippen LogP contribution in [-0.4, -0.2) is 0 Å². The molecule has 2 rings (SSSR count). The third-order valence-electron chi connectivity index (χ3n) is 2.39. The first-order valence-corrected chi connectivity index (χ1v) is 6.73. The molecule has 0 aliphatic heterocycles. The second kappa shape index (κ2) is 5.83. The van der Waals surface area contributed by atoms with Crippen LogP contribution in [0.5, 0.6) is 5.75 Å². The van der Waals surface area contributed by atoms with Gasteiger partial charge in [0.15, 0.2) is 0 Å². The number of hydrogen-bond donors (Lipinski definition) is 1. The highest BCUT2D eigenvalue weighted by molar-refractivity contribution is 9.10. The smallest absolute Gasteiger partial charge is 0.121 e. The van der Waals surface area contributed by atoms with Crippen LogP contribution in [0.25, 0.3) is 0 Å². The van der Waals surface area contributed by atoms with Gasteiger partial charge in [0.05, 0.1) is 10.0 Å². The molecule has 0 bridgehead atoms. The van der Waals surface area contributed by atoms with E-state index in [4.69, 9.17) is 33.7 Å². The highest BCUT2D eigenvalue weighted by Gasteiger charge is 2.05. The lowest BCUT2D eigenvalue weighted by Gasteiger charge is -2.09. The molecule has 0 spiro atoms. The second-order valence-electron chi connectivity index (χ2n) is 3.68. The highest BCUT2D eigenvalue weighted by atomic mass is 79.9. The number of benzene rings is 2. The van der Waals surface area contributed by atoms with Crippen molar-refractivity contribution in [3.63, 3.8) is 0 Å². The van der Waals surface area contributed by atoms with E-state index in [0.29, 0.717) is 28.1 Å². The lowest BCUT2D eigenvalue weighted by Crippen LogP contribution is -1.98. The molecule has 0 radical (unpaired) electrons. The molecular formula is C13H10BrCl2NO. The van der Waals surface area contributed by atoms with Gasteiger partial charge in [-0.15, -0.1) is 0 Å². The quantitative estimate of drug-likeness (QED) is 0.801. The van der Waals surface area contributed by atoms with Crippen molar-refractivity contribution >= 4 is 44.8 Å². The van der Waals surface area contributed by atoms with Crippen molar-refractivity contribution in [2.24, 2.45) is 0 Å². The molecule has 0 amide bonds. The summed E-state index contributed by atoms with van der Waals surface area (Å²) in [6.07, 6.45) is 0. The van der Waals surface area contributed by atoms with Crippen molar-refractivity contribution in [1.82, 2.24) is 0 Å². The summed E-state index contributed by atoms with van der Waals surface area (Å²) in [5, 5.41) is 0.981. The van der Waals surface area contributed by atoms with Gasteiger partial charge >= 0.3 is 0 Å². The minimum absolute atomic E-state index is 0.406. The van der Waals surface area contributed by atoms with E-state index in [0.717, 1.165) is 10.0 Å². The van der Waals surface area contributed by atoms with Gasteiger partial charge in [0.2, 0.25) is 0 Å². The Morgan fingerprint density at radius 1 is 1.11 bits per heavy atom. The van der Waals surface area contributed by atoms with E-state index < -0.39 is 0 Å². The zero-order chi connectivity index (χ0) is 13.1. The van der Waals surface area contributed by atoms with E-state index in [-0.39, 0.29) is 0 Å². The molecule has 0 fully saturated rings. The SMILES string of the molecule is Nc1cccc(COc2ccc(Cl)c(Cl)c2)c1Br. The Kier molecular flexibility index (Phi) is 4.38. The molecular weight excluding hydrogens is 337 g/mol. The average Bonchev–Trinajstić information content (AvgIpc) is 2.35. The third-order valence-corrected chi connectivity index (χ3v) is 4.10. The van der Waals surface area contributed by atoms with E-state index in [9.17, 15) is 0 Å². The monoisotopic (exact) mass is 345 g/mol. The molecule has 0 aromatic heterocycles. The molecule has 0 aliphatic carbocycles. The van der Waals surface area contributed by atoms with Crippen LogP contribution < -0.4 is 10.5 Å². The molecule has 0 atom stereocenters. The molecule has 2 nitrogen and oxygen atoms in total. The zero-order valence-corrected chi connectivity index (χ0v) is 12.4. The number of rotatable bonds is 3. The minimum atomic E-state index is 0.406. The average molecular weight is 347 g/mol. The van der Waals surface area contributed by atoms with Gasteiger partial charge in [0, 0.05) is 21.8 Å². The summed E-state index contributed by atoms with van der Waals surface area (Å²) < 4.78 is 6.49. The maximum absolute atomic E-state index is 5.91. The molecule has 2 N–H and O–H groups in total. The van der Waals surface area contributed by atoms with Crippen molar-refractivity contribution < 1.29 is 4.74 Å². The largest absolute Gasteiger partial charge is 0.489 e. The first-order chi connectivity index (χ1) is 8.58. The molecule has 2 aromatic rings. The first-order valence-electron chi connectivity index (χ1n) is 5.18. The van der Waals surface area contributed by atoms with Gasteiger partial charge in [0.1, 0.15) is 12.4 Å². The predicted molar refractivity (Wildman–Crippen MR) is 79.3 cm³/mol. The van der Waals surface area contributed by atoms with Gasteiger partial charge in [-0.2, -0.15) is 0 Å². The maximum atomic E-state index is 5.91. The molecule has 0 saturated heterocycles. The maximum Gasteiger partial charge on any atom is 0.121 e. The summed E-state index contributed by atoms with van der Waals surface area (Å²) in [6.45, 7) is 0.406. The van der Waals surface area contributed by atoms with Gasteiger partial charge in [-0.25, -0.2) is 0 Å². The standard InChI is InChI=1S/C13H10BrCl2NO/c14-13-8(2-1-3-12(13)17)7-18-9-4-5-10(15)11(16)6-9/h1-6H,7,17H2. The van der Waals surface area contributed by atoms with Gasteiger partial charge in [-0.05, 0) is 34.1 Å². The fraction of sp³-hybridized carbons (Fsp3) is 0.0769. The number of anilines is 1. The fourth-order valence-corrected chi connectivity index (χ4v) is 2.11. The van der Waals surface area contributed by atoms with E-state index in [2.05, 4.69) is 15.9 Å². The summed E-state index contributed by atoms with van der Waals surface area (Å²) in [7, 11) is 0. The summed E-state index contributed by atoms with van der Waals surface area (Å²) >= 11 is 15.2. The lowest BCUT2D eigenvalue weighted by atomic mass is 10.2. The lowest BCUT2D eigenvalue weighted by molar-refractivity contribution is 0.305. The topological polar surface area (TPSA) is 35.2 Å². The van der Waals surface area contributed by atoms with E-state index >= 15 is 0 Å². The molecule has 18 heavy (non-hydrogen) atoms. The molecule has 0 aliphatic rings. The Labute approximate surface area is 124 Å². The van der Waals surface area contributed by atoms with Crippen molar-refractivity contribution in [1.29, 1.82) is 0 Å². The van der Waals surface area contributed by atoms with Gasteiger partial charge < -0.3 is 10.5 Å². The Morgan fingerprint density at radius 3 is 2.61 bits per heavy atom. The number of hydrogen-bond acceptors (Lipinski definition) is 2. The Morgan fingerprint density at radius 2 is 1.89 bits per heavy atom. The fourth-order valence-electron chi connectivity index (χ4n) is 1.44. The van der Waals surface area contributed by atoms with Gasteiger partial charge in [0.25, 0.3) is 0 Å². The van der Waals surface area contributed by atoms with Crippen LogP contribution in [0.1, 0.15) is 5.56 Å². The Hall–Kier alpha value is -0.900. The van der Waals surface area contributed by atoms with Crippen molar-refractivity contribution in [2.45, 2.75) is 6.61 Å². The van der Waals surface area contributed by atoms with Crippen molar-refractivity contribution in [3.05, 3.63) is 56.5 Å². The van der Waals surface area contributed by atoms with Crippen molar-refractivity contribution in [2.75, 3.05) is 5.73 Å². The van der Waals surface area contributed by atoms with Gasteiger partial charge in [-0.3, -0.25) is 0 Å². The highest BCUT2D eigenvalue weighted by Crippen LogP contribution is 2.28. The number of halogens is 3. The second-order valence-corrected chi connectivity index (χ2v) is 5.29. The third kappa shape index (κ3) is 3.10. The van der Waals surface area contributed by atoms with Crippen LogP contribution in [0, 0.1) is 0 Å². The molecule has 2 aromatic carbocycles. The summed E-state index contributed by atoms with van der Waals surface area (Å²) in [6, 6.07) is 10.8. The van der Waals surface area contributed by atoms with Crippen LogP contribution >= 0.6 is 39.1 Å².